The molecule has 1 aromatic rings. The molecule has 0 fully saturated rings. The maximum Gasteiger partial charge on any atom is 0.122 e. The molecule has 2 unspecified atom stereocenters. The topological polar surface area (TPSA) is 34.1 Å². The van der Waals surface area contributed by atoms with E-state index in [-0.39, 0.29) is 11.6 Å². The van der Waals surface area contributed by atoms with Crippen LogP contribution in [0.1, 0.15) is 81.0 Å². The van der Waals surface area contributed by atoms with E-state index in [0.717, 1.165) is 19.4 Å². The summed E-state index contributed by atoms with van der Waals surface area (Å²) < 4.78 is 5.64. The van der Waals surface area contributed by atoms with Gasteiger partial charge < -0.3 is 10.1 Å². The number of hydrogen-bond donors (Lipinski definition) is 1. The minimum Gasteiger partial charge on any atom is -0.374 e. The van der Waals surface area contributed by atoms with Gasteiger partial charge in [-0.25, -0.2) is 4.98 Å². The van der Waals surface area contributed by atoms with E-state index in [9.17, 15) is 0 Å². The van der Waals surface area contributed by atoms with Crippen LogP contribution in [0.3, 0.4) is 0 Å². The van der Waals surface area contributed by atoms with Crippen LogP contribution in [-0.2, 0) is 11.2 Å². The van der Waals surface area contributed by atoms with E-state index in [0.29, 0.717) is 5.92 Å². The molecule has 0 aliphatic heterocycles. The average molecular weight is 311 g/mol. The predicted octanol–water partition coefficient (Wildman–Crippen LogP) is 4.44. The molecule has 4 heteroatoms. The third-order valence-corrected chi connectivity index (χ3v) is 5.30. The van der Waals surface area contributed by atoms with Crippen molar-refractivity contribution < 1.29 is 4.74 Å². The lowest BCUT2D eigenvalue weighted by molar-refractivity contribution is 0.0945. The Morgan fingerprint density at radius 2 is 2.19 bits per heavy atom. The molecular weight excluding hydrogens is 280 g/mol. The third-order valence-electron chi connectivity index (χ3n) is 4.08. The van der Waals surface area contributed by atoms with Gasteiger partial charge in [-0.1, -0.05) is 13.3 Å². The summed E-state index contributed by atoms with van der Waals surface area (Å²) in [5.41, 5.74) is 1.52. The van der Waals surface area contributed by atoms with Gasteiger partial charge >= 0.3 is 0 Å². The maximum atomic E-state index is 5.64. The Kier molecular flexibility index (Phi) is 5.81. The zero-order valence-corrected chi connectivity index (χ0v) is 15.0. The van der Waals surface area contributed by atoms with E-state index >= 15 is 0 Å². The fraction of sp³-hybridized carbons (Fsp3) is 0.824. The molecule has 3 nitrogen and oxygen atoms in total. The van der Waals surface area contributed by atoms with Crippen LogP contribution < -0.4 is 5.32 Å². The SMILES string of the molecule is CCCC(OC)c1nc2c(s1)CCCC2CNC(C)(C)C. The van der Waals surface area contributed by atoms with Gasteiger partial charge in [-0.15, -0.1) is 11.3 Å². The summed E-state index contributed by atoms with van der Waals surface area (Å²) in [6, 6.07) is 0. The number of rotatable bonds is 6. The van der Waals surface area contributed by atoms with Crippen molar-refractivity contribution in [3.63, 3.8) is 0 Å². The number of thiazole rings is 1. The van der Waals surface area contributed by atoms with Crippen molar-refractivity contribution in [2.45, 2.75) is 77.4 Å². The molecule has 0 saturated heterocycles. The average Bonchev–Trinajstić information content (AvgIpc) is 2.85. The number of aromatic nitrogens is 1. The van der Waals surface area contributed by atoms with Gasteiger partial charge in [0.25, 0.3) is 0 Å². The number of nitrogens with one attached hydrogen (secondary N) is 1. The highest BCUT2D eigenvalue weighted by Gasteiger charge is 2.27. The van der Waals surface area contributed by atoms with Crippen molar-refractivity contribution in [2.24, 2.45) is 0 Å². The normalized spacial score (nSPS) is 20.3. The Morgan fingerprint density at radius 1 is 1.43 bits per heavy atom. The molecule has 120 valence electrons. The Labute approximate surface area is 133 Å². The van der Waals surface area contributed by atoms with Crippen LogP contribution in [0.25, 0.3) is 0 Å². The summed E-state index contributed by atoms with van der Waals surface area (Å²) in [4.78, 5) is 6.47. The van der Waals surface area contributed by atoms with E-state index < -0.39 is 0 Å². The lowest BCUT2D eigenvalue weighted by Crippen LogP contribution is -2.39. The molecule has 0 saturated carbocycles. The van der Waals surface area contributed by atoms with Gasteiger partial charge in [-0.05, 0) is 46.5 Å². The zero-order valence-electron chi connectivity index (χ0n) is 14.2. The second-order valence-corrected chi connectivity index (χ2v) is 8.21. The van der Waals surface area contributed by atoms with Gasteiger partial charge in [0.2, 0.25) is 0 Å². The zero-order chi connectivity index (χ0) is 15.5. The Morgan fingerprint density at radius 3 is 2.81 bits per heavy atom. The Balaban J connectivity index is 2.13. The number of nitrogens with zero attached hydrogens (tertiary/aromatic N) is 1. The van der Waals surface area contributed by atoms with Gasteiger partial charge in [0, 0.05) is 30.0 Å². The quantitative estimate of drug-likeness (QED) is 0.843. The lowest BCUT2D eigenvalue weighted by atomic mass is 9.90. The molecule has 1 aromatic heterocycles. The molecule has 0 radical (unpaired) electrons. The highest BCUT2D eigenvalue weighted by Crippen LogP contribution is 2.38. The molecule has 2 atom stereocenters. The Hall–Kier alpha value is -0.450. The summed E-state index contributed by atoms with van der Waals surface area (Å²) >= 11 is 1.88. The van der Waals surface area contributed by atoms with Crippen molar-refractivity contribution in [3.05, 3.63) is 15.6 Å². The molecule has 2 rings (SSSR count). The highest BCUT2D eigenvalue weighted by molar-refractivity contribution is 7.11. The minimum absolute atomic E-state index is 0.174. The van der Waals surface area contributed by atoms with Crippen molar-refractivity contribution in [3.8, 4) is 0 Å². The van der Waals surface area contributed by atoms with Gasteiger partial charge in [0.05, 0.1) is 5.69 Å². The molecule has 1 aliphatic carbocycles. The van der Waals surface area contributed by atoms with Crippen molar-refractivity contribution in [2.75, 3.05) is 13.7 Å². The Bertz CT molecular complexity index is 450. The summed E-state index contributed by atoms with van der Waals surface area (Å²) in [5.74, 6) is 0.567. The fourth-order valence-corrected chi connectivity index (χ4v) is 4.20. The third kappa shape index (κ3) is 4.51. The largest absolute Gasteiger partial charge is 0.374 e. The van der Waals surface area contributed by atoms with Gasteiger partial charge in [0.15, 0.2) is 0 Å². The number of ether oxygens (including phenoxy) is 1. The number of aryl methyl sites for hydroxylation is 1. The van der Waals surface area contributed by atoms with Crippen molar-refractivity contribution >= 4 is 11.3 Å². The second-order valence-electron chi connectivity index (χ2n) is 7.09. The highest BCUT2D eigenvalue weighted by atomic mass is 32.1. The minimum atomic E-state index is 0.174. The number of fused-ring (bicyclic) bond motifs is 1. The van der Waals surface area contributed by atoms with Crippen LogP contribution >= 0.6 is 11.3 Å². The standard InChI is InChI=1S/C17H30N2OS/c1-6-8-13(20-5)16-19-15-12(11-18-17(2,3)4)9-7-10-14(15)21-16/h12-13,18H,6-11H2,1-5H3. The number of methoxy groups -OCH3 is 1. The first kappa shape index (κ1) is 16.9. The summed E-state index contributed by atoms with van der Waals surface area (Å²) in [6.45, 7) is 9.92. The van der Waals surface area contributed by atoms with Gasteiger partial charge in [-0.3, -0.25) is 0 Å². The molecule has 1 aliphatic rings. The molecule has 21 heavy (non-hydrogen) atoms. The van der Waals surface area contributed by atoms with Gasteiger partial charge in [-0.2, -0.15) is 0 Å². The molecular formula is C17H30N2OS. The molecule has 0 aromatic carbocycles. The van der Waals surface area contributed by atoms with Crippen LogP contribution in [0.15, 0.2) is 0 Å². The fourth-order valence-electron chi connectivity index (χ4n) is 2.90. The molecule has 1 N–H and O–H groups in total. The van der Waals surface area contributed by atoms with Gasteiger partial charge in [0.1, 0.15) is 11.1 Å². The van der Waals surface area contributed by atoms with E-state index in [4.69, 9.17) is 9.72 Å². The molecule has 0 spiro atoms. The van der Waals surface area contributed by atoms with E-state index in [2.05, 4.69) is 33.0 Å². The van der Waals surface area contributed by atoms with E-state index in [1.807, 2.05) is 11.3 Å². The first-order chi connectivity index (χ1) is 9.94. The molecule has 1 heterocycles. The monoisotopic (exact) mass is 310 g/mol. The van der Waals surface area contributed by atoms with Crippen LogP contribution in [0.5, 0.6) is 0 Å². The van der Waals surface area contributed by atoms with E-state index in [1.54, 1.807) is 7.11 Å². The lowest BCUT2D eigenvalue weighted by Gasteiger charge is -2.27. The van der Waals surface area contributed by atoms with Crippen LogP contribution in [0, 0.1) is 0 Å². The summed E-state index contributed by atoms with van der Waals surface area (Å²) in [7, 11) is 1.80. The first-order valence-electron chi connectivity index (χ1n) is 8.22. The van der Waals surface area contributed by atoms with E-state index in [1.165, 1.54) is 34.8 Å². The summed E-state index contributed by atoms with van der Waals surface area (Å²) in [5, 5.41) is 4.83. The second kappa shape index (κ2) is 7.21. The first-order valence-corrected chi connectivity index (χ1v) is 9.03. The van der Waals surface area contributed by atoms with Crippen LogP contribution in [-0.4, -0.2) is 24.2 Å². The molecule has 0 bridgehead atoms. The van der Waals surface area contributed by atoms with Crippen molar-refractivity contribution in [1.82, 2.24) is 10.3 Å². The summed E-state index contributed by atoms with van der Waals surface area (Å²) in [6.07, 6.45) is 6.12. The van der Waals surface area contributed by atoms with Crippen molar-refractivity contribution in [1.29, 1.82) is 0 Å². The maximum absolute atomic E-state index is 5.64. The van der Waals surface area contributed by atoms with Crippen LogP contribution in [0.2, 0.25) is 0 Å². The van der Waals surface area contributed by atoms with Crippen LogP contribution in [0.4, 0.5) is 0 Å². The molecule has 0 amide bonds. The predicted molar refractivity (Wildman–Crippen MR) is 90.2 cm³/mol. The smallest absolute Gasteiger partial charge is 0.122 e. The number of hydrogen-bond acceptors (Lipinski definition) is 4.